The van der Waals surface area contributed by atoms with Gasteiger partial charge in [-0.1, -0.05) is 18.5 Å². The van der Waals surface area contributed by atoms with Crippen LogP contribution in [0.25, 0.3) is 0 Å². The van der Waals surface area contributed by atoms with Crippen LogP contribution in [0.4, 0.5) is 0 Å². The second-order valence-electron chi connectivity index (χ2n) is 4.27. The van der Waals surface area contributed by atoms with Crippen molar-refractivity contribution in [2.24, 2.45) is 5.73 Å². The second-order valence-corrected chi connectivity index (χ2v) is 8.09. The zero-order valence-corrected chi connectivity index (χ0v) is 13.4. The summed E-state index contributed by atoms with van der Waals surface area (Å²) >= 11 is 7.42. The SMILES string of the molecule is CCCN.O=S(=O)(c1ccc(Cl)cc1)C1CCSC1. The number of hydrogen-bond donors (Lipinski definition) is 1. The molecule has 1 aromatic rings. The number of nitrogens with two attached hydrogens (primary N) is 1. The summed E-state index contributed by atoms with van der Waals surface area (Å²) in [5.41, 5.74) is 5.03. The van der Waals surface area contributed by atoms with Crippen molar-refractivity contribution in [2.45, 2.75) is 29.9 Å². The highest BCUT2D eigenvalue weighted by molar-refractivity contribution is 8.01. The molecule has 3 nitrogen and oxygen atoms in total. The predicted molar refractivity (Wildman–Crippen MR) is 83.7 cm³/mol. The molecule has 0 saturated carbocycles. The third kappa shape index (κ3) is 4.99. The summed E-state index contributed by atoms with van der Waals surface area (Å²) < 4.78 is 24.2. The van der Waals surface area contributed by atoms with E-state index in [0.29, 0.717) is 15.7 Å². The minimum atomic E-state index is -3.13. The average Bonchev–Trinajstić information content (AvgIpc) is 2.94. The molecule has 1 saturated heterocycles. The lowest BCUT2D eigenvalue weighted by Crippen LogP contribution is -2.20. The fourth-order valence-electron chi connectivity index (χ4n) is 1.57. The summed E-state index contributed by atoms with van der Waals surface area (Å²) in [6.45, 7) is 2.88. The highest BCUT2D eigenvalue weighted by atomic mass is 35.5. The van der Waals surface area contributed by atoms with Crippen molar-refractivity contribution < 1.29 is 8.42 Å². The molecule has 1 fully saturated rings. The first-order chi connectivity index (χ1) is 9.02. The third-order valence-corrected chi connectivity index (χ3v) is 6.59. The highest BCUT2D eigenvalue weighted by Gasteiger charge is 2.30. The van der Waals surface area contributed by atoms with Crippen LogP contribution in [0.2, 0.25) is 5.02 Å². The van der Waals surface area contributed by atoms with Gasteiger partial charge in [0.05, 0.1) is 10.1 Å². The molecule has 6 heteroatoms. The van der Waals surface area contributed by atoms with Gasteiger partial charge >= 0.3 is 0 Å². The molecule has 1 aromatic carbocycles. The van der Waals surface area contributed by atoms with Gasteiger partial charge in [0.15, 0.2) is 9.84 Å². The maximum absolute atomic E-state index is 12.1. The normalized spacial score (nSPS) is 18.8. The van der Waals surface area contributed by atoms with Gasteiger partial charge in [-0.25, -0.2) is 8.42 Å². The van der Waals surface area contributed by atoms with E-state index in [4.69, 9.17) is 17.3 Å². The first-order valence-corrected chi connectivity index (χ1v) is 9.37. The Hall–Kier alpha value is -0.230. The van der Waals surface area contributed by atoms with Crippen LogP contribution in [0.3, 0.4) is 0 Å². The van der Waals surface area contributed by atoms with Gasteiger partial charge in [-0.05, 0) is 49.4 Å². The van der Waals surface area contributed by atoms with Gasteiger partial charge in [0, 0.05) is 10.8 Å². The number of benzene rings is 1. The molecule has 108 valence electrons. The molecule has 1 aliphatic heterocycles. The van der Waals surface area contributed by atoms with E-state index in [9.17, 15) is 8.42 Å². The van der Waals surface area contributed by atoms with Crippen molar-refractivity contribution in [1.29, 1.82) is 0 Å². The lowest BCUT2D eigenvalue weighted by Gasteiger charge is -2.10. The van der Waals surface area contributed by atoms with E-state index in [-0.39, 0.29) is 5.25 Å². The Morgan fingerprint density at radius 3 is 2.37 bits per heavy atom. The van der Waals surface area contributed by atoms with Crippen molar-refractivity contribution in [3.8, 4) is 0 Å². The molecule has 0 amide bonds. The Kier molecular flexibility index (Phi) is 7.21. The van der Waals surface area contributed by atoms with Gasteiger partial charge in [0.25, 0.3) is 0 Å². The van der Waals surface area contributed by atoms with Crippen LogP contribution >= 0.6 is 23.4 Å². The Labute approximate surface area is 124 Å². The molecular formula is C13H20ClNO2S2. The fraction of sp³-hybridized carbons (Fsp3) is 0.538. The van der Waals surface area contributed by atoms with Gasteiger partial charge < -0.3 is 5.73 Å². The molecule has 0 radical (unpaired) electrons. The van der Waals surface area contributed by atoms with Crippen molar-refractivity contribution in [2.75, 3.05) is 18.1 Å². The van der Waals surface area contributed by atoms with Crippen LogP contribution in [0.15, 0.2) is 29.2 Å². The first kappa shape index (κ1) is 16.8. The molecule has 2 rings (SSSR count). The van der Waals surface area contributed by atoms with E-state index in [1.54, 1.807) is 36.0 Å². The number of thioether (sulfide) groups is 1. The second kappa shape index (κ2) is 8.15. The zero-order chi connectivity index (χ0) is 14.3. The van der Waals surface area contributed by atoms with Crippen LogP contribution in [0.5, 0.6) is 0 Å². The number of rotatable bonds is 3. The largest absolute Gasteiger partial charge is 0.330 e. The quantitative estimate of drug-likeness (QED) is 0.929. The summed E-state index contributed by atoms with van der Waals surface area (Å²) in [4.78, 5) is 0.388. The highest BCUT2D eigenvalue weighted by Crippen LogP contribution is 2.28. The van der Waals surface area contributed by atoms with E-state index in [1.165, 1.54) is 0 Å². The van der Waals surface area contributed by atoms with Gasteiger partial charge in [0.1, 0.15) is 0 Å². The lowest BCUT2D eigenvalue weighted by molar-refractivity contribution is 0.584. The molecule has 0 aromatic heterocycles. The summed E-state index contributed by atoms with van der Waals surface area (Å²) in [7, 11) is -3.13. The van der Waals surface area contributed by atoms with E-state index < -0.39 is 9.84 Å². The molecule has 1 aliphatic rings. The number of halogens is 1. The molecule has 2 N–H and O–H groups in total. The minimum Gasteiger partial charge on any atom is -0.330 e. The molecule has 0 bridgehead atoms. The Balaban J connectivity index is 0.000000399. The van der Waals surface area contributed by atoms with E-state index in [1.807, 2.05) is 0 Å². The van der Waals surface area contributed by atoms with Gasteiger partial charge in [0.2, 0.25) is 0 Å². The Morgan fingerprint density at radius 2 is 1.95 bits per heavy atom. The smallest absolute Gasteiger partial charge is 0.182 e. The van der Waals surface area contributed by atoms with Crippen LogP contribution in [0.1, 0.15) is 19.8 Å². The van der Waals surface area contributed by atoms with Crippen molar-refractivity contribution in [3.63, 3.8) is 0 Å². The fourth-order valence-corrected chi connectivity index (χ4v) is 5.23. The van der Waals surface area contributed by atoms with Crippen LogP contribution < -0.4 is 5.73 Å². The molecule has 1 atom stereocenters. The standard InChI is InChI=1S/C10H11ClO2S2.C3H9N/c11-8-1-3-9(4-2-8)15(12,13)10-5-6-14-7-10;1-2-3-4/h1-4,10H,5-7H2;2-4H2,1H3. The van der Waals surface area contributed by atoms with Crippen LogP contribution in [-0.4, -0.2) is 31.7 Å². The summed E-state index contributed by atoms with van der Waals surface area (Å²) in [5, 5.41) is 0.346. The van der Waals surface area contributed by atoms with E-state index >= 15 is 0 Å². The molecule has 0 spiro atoms. The monoisotopic (exact) mass is 321 g/mol. The molecule has 1 unspecified atom stereocenters. The molecule has 0 aliphatic carbocycles. The lowest BCUT2D eigenvalue weighted by atomic mass is 10.4. The maximum atomic E-state index is 12.1. The number of hydrogen-bond acceptors (Lipinski definition) is 4. The average molecular weight is 322 g/mol. The van der Waals surface area contributed by atoms with Crippen LogP contribution in [-0.2, 0) is 9.84 Å². The van der Waals surface area contributed by atoms with Gasteiger partial charge in [-0.15, -0.1) is 0 Å². The summed E-state index contributed by atoms with van der Waals surface area (Å²) in [6, 6.07) is 6.41. The summed E-state index contributed by atoms with van der Waals surface area (Å²) in [6.07, 6.45) is 1.86. The van der Waals surface area contributed by atoms with Crippen molar-refractivity contribution in [1.82, 2.24) is 0 Å². The van der Waals surface area contributed by atoms with Crippen molar-refractivity contribution >= 4 is 33.2 Å². The Morgan fingerprint density at radius 1 is 1.37 bits per heavy atom. The van der Waals surface area contributed by atoms with Crippen LogP contribution in [0, 0.1) is 0 Å². The van der Waals surface area contributed by atoms with E-state index in [2.05, 4.69) is 6.92 Å². The molecular weight excluding hydrogens is 302 g/mol. The zero-order valence-electron chi connectivity index (χ0n) is 11.0. The number of sulfone groups is 1. The third-order valence-electron chi connectivity index (χ3n) is 2.76. The molecule has 1 heterocycles. The Bertz CT molecular complexity index is 466. The topological polar surface area (TPSA) is 60.2 Å². The van der Waals surface area contributed by atoms with Gasteiger partial charge in [-0.3, -0.25) is 0 Å². The van der Waals surface area contributed by atoms with Crippen molar-refractivity contribution in [3.05, 3.63) is 29.3 Å². The van der Waals surface area contributed by atoms with Gasteiger partial charge in [-0.2, -0.15) is 11.8 Å². The summed E-state index contributed by atoms with van der Waals surface area (Å²) in [5.74, 6) is 1.66. The maximum Gasteiger partial charge on any atom is 0.182 e. The molecule has 19 heavy (non-hydrogen) atoms. The minimum absolute atomic E-state index is 0.219. The predicted octanol–water partition coefficient (Wildman–Crippen LogP) is 2.97. The first-order valence-electron chi connectivity index (χ1n) is 6.29. The van der Waals surface area contributed by atoms with E-state index in [0.717, 1.165) is 25.1 Å².